The van der Waals surface area contributed by atoms with Crippen LogP contribution < -0.4 is 5.32 Å². The van der Waals surface area contributed by atoms with Gasteiger partial charge in [0, 0.05) is 19.1 Å². The molecule has 1 heterocycles. The summed E-state index contributed by atoms with van der Waals surface area (Å²) in [7, 11) is 0. The Morgan fingerprint density at radius 1 is 1.05 bits per heavy atom. The Labute approximate surface area is 120 Å². The van der Waals surface area contributed by atoms with E-state index in [1.807, 2.05) is 0 Å². The standard InChI is InChI=1S/C17H34N2/c1-4-17(2,3)15-7-9-16(10-8-15)18-11-14-19-12-5-6-13-19/h15-16,18H,4-14H2,1-3H3. The van der Waals surface area contributed by atoms with Crippen LogP contribution >= 0.6 is 0 Å². The molecule has 1 aliphatic heterocycles. The zero-order valence-electron chi connectivity index (χ0n) is 13.4. The van der Waals surface area contributed by atoms with Gasteiger partial charge in [0.05, 0.1) is 0 Å². The Bertz CT molecular complexity index is 248. The van der Waals surface area contributed by atoms with Crippen LogP contribution in [0.3, 0.4) is 0 Å². The van der Waals surface area contributed by atoms with Gasteiger partial charge in [0.2, 0.25) is 0 Å². The molecular weight excluding hydrogens is 232 g/mol. The molecule has 0 aromatic rings. The van der Waals surface area contributed by atoms with Gasteiger partial charge in [0.25, 0.3) is 0 Å². The quantitative estimate of drug-likeness (QED) is 0.789. The first-order valence-corrected chi connectivity index (χ1v) is 8.57. The van der Waals surface area contributed by atoms with Crippen molar-refractivity contribution in [3.05, 3.63) is 0 Å². The fourth-order valence-corrected chi connectivity index (χ4v) is 3.80. The second kappa shape index (κ2) is 7.08. The summed E-state index contributed by atoms with van der Waals surface area (Å²) in [5, 5.41) is 3.80. The van der Waals surface area contributed by atoms with Gasteiger partial charge in [0.1, 0.15) is 0 Å². The molecule has 2 heteroatoms. The van der Waals surface area contributed by atoms with E-state index in [9.17, 15) is 0 Å². The summed E-state index contributed by atoms with van der Waals surface area (Å²) in [5.74, 6) is 0.953. The second-order valence-electron chi connectivity index (χ2n) is 7.39. The molecule has 2 fully saturated rings. The van der Waals surface area contributed by atoms with Crippen molar-refractivity contribution in [1.29, 1.82) is 0 Å². The molecule has 0 radical (unpaired) electrons. The van der Waals surface area contributed by atoms with Gasteiger partial charge in [-0.3, -0.25) is 0 Å². The predicted molar refractivity (Wildman–Crippen MR) is 83.5 cm³/mol. The van der Waals surface area contributed by atoms with E-state index < -0.39 is 0 Å². The molecule has 2 rings (SSSR count). The van der Waals surface area contributed by atoms with Crippen molar-refractivity contribution >= 4 is 0 Å². The van der Waals surface area contributed by atoms with Crippen LogP contribution in [0.2, 0.25) is 0 Å². The van der Waals surface area contributed by atoms with Crippen LogP contribution in [0.15, 0.2) is 0 Å². The number of nitrogens with one attached hydrogen (secondary N) is 1. The third kappa shape index (κ3) is 4.46. The average Bonchev–Trinajstić information content (AvgIpc) is 2.92. The Hall–Kier alpha value is -0.0800. The largest absolute Gasteiger partial charge is 0.313 e. The predicted octanol–water partition coefficient (Wildman–Crippen LogP) is 3.67. The number of nitrogens with zero attached hydrogens (tertiary/aromatic N) is 1. The molecule has 0 amide bonds. The van der Waals surface area contributed by atoms with Gasteiger partial charge >= 0.3 is 0 Å². The van der Waals surface area contributed by atoms with Crippen LogP contribution in [0, 0.1) is 11.3 Å². The van der Waals surface area contributed by atoms with Gasteiger partial charge in [-0.15, -0.1) is 0 Å². The lowest BCUT2D eigenvalue weighted by Crippen LogP contribution is -2.40. The van der Waals surface area contributed by atoms with E-state index in [4.69, 9.17) is 0 Å². The fourth-order valence-electron chi connectivity index (χ4n) is 3.80. The third-order valence-corrected chi connectivity index (χ3v) is 5.80. The van der Waals surface area contributed by atoms with Crippen molar-refractivity contribution in [1.82, 2.24) is 10.2 Å². The van der Waals surface area contributed by atoms with Crippen molar-refractivity contribution in [2.45, 2.75) is 71.8 Å². The average molecular weight is 266 g/mol. The lowest BCUT2D eigenvalue weighted by molar-refractivity contribution is 0.136. The molecule has 1 saturated carbocycles. The highest BCUT2D eigenvalue weighted by Gasteiger charge is 2.31. The lowest BCUT2D eigenvalue weighted by Gasteiger charge is -2.39. The van der Waals surface area contributed by atoms with Crippen LogP contribution in [-0.4, -0.2) is 37.1 Å². The minimum atomic E-state index is 0.556. The first kappa shape index (κ1) is 15.3. The first-order valence-electron chi connectivity index (χ1n) is 8.57. The monoisotopic (exact) mass is 266 g/mol. The molecule has 19 heavy (non-hydrogen) atoms. The van der Waals surface area contributed by atoms with E-state index in [1.54, 1.807) is 0 Å². The molecule has 1 N–H and O–H groups in total. The van der Waals surface area contributed by atoms with Crippen LogP contribution in [0.4, 0.5) is 0 Å². The molecule has 0 atom stereocenters. The van der Waals surface area contributed by atoms with Crippen molar-refractivity contribution in [2.75, 3.05) is 26.2 Å². The minimum Gasteiger partial charge on any atom is -0.313 e. The molecule has 0 aromatic carbocycles. The topological polar surface area (TPSA) is 15.3 Å². The number of rotatable bonds is 6. The Morgan fingerprint density at radius 3 is 2.26 bits per heavy atom. The summed E-state index contributed by atoms with van der Waals surface area (Å²) in [6, 6.07) is 0.798. The summed E-state index contributed by atoms with van der Waals surface area (Å²) in [6.07, 6.45) is 9.81. The molecule has 0 bridgehead atoms. The van der Waals surface area contributed by atoms with Gasteiger partial charge in [-0.25, -0.2) is 0 Å². The number of hydrogen-bond donors (Lipinski definition) is 1. The summed E-state index contributed by atoms with van der Waals surface area (Å²) in [4.78, 5) is 2.61. The van der Waals surface area contributed by atoms with Crippen molar-refractivity contribution in [3.8, 4) is 0 Å². The molecule has 1 saturated heterocycles. The Balaban J connectivity index is 1.60. The lowest BCUT2D eigenvalue weighted by atomic mass is 9.69. The summed E-state index contributed by atoms with van der Waals surface area (Å²) in [6.45, 7) is 12.4. The smallest absolute Gasteiger partial charge is 0.0107 e. The van der Waals surface area contributed by atoms with E-state index in [2.05, 4.69) is 31.0 Å². The van der Waals surface area contributed by atoms with Gasteiger partial charge in [-0.05, 0) is 62.9 Å². The van der Waals surface area contributed by atoms with Gasteiger partial charge in [-0.2, -0.15) is 0 Å². The van der Waals surface area contributed by atoms with Crippen molar-refractivity contribution in [2.24, 2.45) is 11.3 Å². The maximum Gasteiger partial charge on any atom is 0.0107 e. The van der Waals surface area contributed by atoms with Gasteiger partial charge in [-0.1, -0.05) is 27.2 Å². The van der Waals surface area contributed by atoms with Gasteiger partial charge < -0.3 is 10.2 Å². The summed E-state index contributed by atoms with van der Waals surface area (Å²) < 4.78 is 0. The number of hydrogen-bond acceptors (Lipinski definition) is 2. The highest BCUT2D eigenvalue weighted by atomic mass is 15.2. The highest BCUT2D eigenvalue weighted by Crippen LogP contribution is 2.40. The van der Waals surface area contributed by atoms with Crippen LogP contribution in [0.5, 0.6) is 0 Å². The molecule has 2 nitrogen and oxygen atoms in total. The second-order valence-corrected chi connectivity index (χ2v) is 7.39. The molecular formula is C17H34N2. The van der Waals surface area contributed by atoms with E-state index in [0.29, 0.717) is 5.41 Å². The van der Waals surface area contributed by atoms with E-state index in [-0.39, 0.29) is 0 Å². The molecule has 0 aromatic heterocycles. The number of likely N-dealkylation sites (tertiary alicyclic amines) is 1. The van der Waals surface area contributed by atoms with E-state index in [1.165, 1.54) is 71.1 Å². The summed E-state index contributed by atoms with van der Waals surface area (Å²) >= 11 is 0. The zero-order valence-corrected chi connectivity index (χ0v) is 13.4. The fraction of sp³-hybridized carbons (Fsp3) is 1.00. The maximum absolute atomic E-state index is 3.80. The normalized spacial score (nSPS) is 29.8. The Kier molecular flexibility index (Phi) is 5.70. The maximum atomic E-state index is 3.80. The SMILES string of the molecule is CCC(C)(C)C1CCC(NCCN2CCCC2)CC1. The first-order chi connectivity index (χ1) is 9.12. The van der Waals surface area contributed by atoms with Crippen molar-refractivity contribution in [3.63, 3.8) is 0 Å². The highest BCUT2D eigenvalue weighted by molar-refractivity contribution is 4.85. The molecule has 0 spiro atoms. The van der Waals surface area contributed by atoms with Gasteiger partial charge in [0.15, 0.2) is 0 Å². The van der Waals surface area contributed by atoms with E-state index >= 15 is 0 Å². The van der Waals surface area contributed by atoms with Crippen LogP contribution in [0.1, 0.15) is 65.7 Å². The summed E-state index contributed by atoms with van der Waals surface area (Å²) in [5.41, 5.74) is 0.556. The molecule has 2 aliphatic rings. The molecule has 112 valence electrons. The van der Waals surface area contributed by atoms with E-state index in [0.717, 1.165) is 12.0 Å². The minimum absolute atomic E-state index is 0.556. The van der Waals surface area contributed by atoms with Crippen LogP contribution in [-0.2, 0) is 0 Å². The molecule has 1 aliphatic carbocycles. The zero-order chi connectivity index (χ0) is 13.7. The Morgan fingerprint density at radius 2 is 1.68 bits per heavy atom. The van der Waals surface area contributed by atoms with Crippen molar-refractivity contribution < 1.29 is 0 Å². The van der Waals surface area contributed by atoms with Crippen LogP contribution in [0.25, 0.3) is 0 Å². The third-order valence-electron chi connectivity index (χ3n) is 5.80. The molecule has 0 unspecified atom stereocenters.